The molecule has 0 bridgehead atoms. The largest absolute Gasteiger partial charge is 0.455 e. The van der Waals surface area contributed by atoms with Crippen LogP contribution in [0.4, 0.5) is 0 Å². The van der Waals surface area contributed by atoms with Gasteiger partial charge in [-0.2, -0.15) is 0 Å². The van der Waals surface area contributed by atoms with Crippen molar-refractivity contribution < 1.29 is 29.2 Å². The molecule has 3 aliphatic rings. The summed E-state index contributed by atoms with van der Waals surface area (Å²) in [7, 11) is 0. The Morgan fingerprint density at radius 3 is 2.16 bits per heavy atom. The molecule has 0 unspecified atom stereocenters. The average Bonchev–Trinajstić information content (AvgIpc) is 3.73. The maximum atomic E-state index is 11.7. The van der Waals surface area contributed by atoms with Crippen LogP contribution in [-0.4, -0.2) is 58.9 Å². The Morgan fingerprint density at radius 2 is 1.44 bits per heavy atom. The minimum absolute atomic E-state index is 0.0560. The van der Waals surface area contributed by atoms with E-state index in [-0.39, 0.29) is 30.4 Å². The van der Waals surface area contributed by atoms with E-state index in [1.807, 2.05) is 13.0 Å². The lowest BCUT2D eigenvalue weighted by molar-refractivity contribution is -0.139. The molecular weight excluding hydrogens is 540 g/mol. The summed E-state index contributed by atoms with van der Waals surface area (Å²) in [6.45, 7) is 4.12. The number of rotatable bonds is 24. The van der Waals surface area contributed by atoms with Gasteiger partial charge in [0.1, 0.15) is 6.10 Å². The Morgan fingerprint density at radius 1 is 0.791 bits per heavy atom. The van der Waals surface area contributed by atoms with Crippen molar-refractivity contribution in [3.63, 3.8) is 0 Å². The van der Waals surface area contributed by atoms with Crippen LogP contribution in [0, 0.1) is 0 Å². The highest BCUT2D eigenvalue weighted by Crippen LogP contribution is 2.34. The van der Waals surface area contributed by atoms with E-state index in [4.69, 9.17) is 14.2 Å². The highest BCUT2D eigenvalue weighted by molar-refractivity contribution is 5.90. The monoisotopic (exact) mass is 604 g/mol. The fraction of sp³-hybridized carbons (Fsp3) is 0.865. The number of carbonyl (C=O) groups is 1. The molecule has 6 heteroatoms. The van der Waals surface area contributed by atoms with Gasteiger partial charge in [0, 0.05) is 12.0 Å². The summed E-state index contributed by atoms with van der Waals surface area (Å²) in [5, 5.41) is 21.0. The molecule has 3 aliphatic heterocycles. The van der Waals surface area contributed by atoms with Crippen LogP contribution in [0.1, 0.15) is 162 Å². The van der Waals surface area contributed by atoms with Gasteiger partial charge in [0.25, 0.3) is 0 Å². The van der Waals surface area contributed by atoms with Crippen LogP contribution >= 0.6 is 0 Å². The van der Waals surface area contributed by atoms with Gasteiger partial charge in [-0.3, -0.25) is 0 Å². The van der Waals surface area contributed by atoms with Crippen LogP contribution in [0.3, 0.4) is 0 Å². The average molecular weight is 605 g/mol. The second kappa shape index (κ2) is 21.5. The second-order valence-electron chi connectivity index (χ2n) is 13.5. The number of cyclic esters (lactones) is 1. The van der Waals surface area contributed by atoms with Gasteiger partial charge in [-0.15, -0.1) is 0 Å². The zero-order chi connectivity index (χ0) is 30.7. The summed E-state index contributed by atoms with van der Waals surface area (Å²) in [6.07, 6.45) is 31.7. The number of aliphatic hydroxyl groups excluding tert-OH is 2. The van der Waals surface area contributed by atoms with Crippen LogP contribution < -0.4 is 0 Å². The molecule has 0 aromatic carbocycles. The van der Waals surface area contributed by atoms with E-state index >= 15 is 0 Å². The molecule has 0 amide bonds. The molecule has 2 N–H and O–H groups in total. The van der Waals surface area contributed by atoms with Gasteiger partial charge in [0.05, 0.1) is 36.6 Å². The van der Waals surface area contributed by atoms with Crippen molar-refractivity contribution in [2.24, 2.45) is 0 Å². The molecule has 2 fully saturated rings. The van der Waals surface area contributed by atoms with Crippen molar-refractivity contribution in [3.05, 3.63) is 23.8 Å². The van der Waals surface area contributed by atoms with Crippen LogP contribution in [0.5, 0.6) is 0 Å². The molecule has 0 aromatic rings. The van der Waals surface area contributed by atoms with Crippen molar-refractivity contribution >= 4 is 5.97 Å². The number of allylic oxidation sites excluding steroid dienone is 2. The SMILES string of the molecule is CCCCCCCCCCCC/C=C/CC[C@H](O)[C@@H]1CC[C@@H]([C@@H]2CC[C@@H](CCCCC[C@@H](O)CC3=C[C@H](C)OC3=O)O2)O1. The minimum Gasteiger partial charge on any atom is -0.455 e. The lowest BCUT2D eigenvalue weighted by Gasteiger charge is -2.22. The molecule has 3 heterocycles. The lowest BCUT2D eigenvalue weighted by atomic mass is 10.0. The highest BCUT2D eigenvalue weighted by Gasteiger charge is 2.39. The maximum Gasteiger partial charge on any atom is 0.334 e. The molecule has 0 aliphatic carbocycles. The van der Waals surface area contributed by atoms with Gasteiger partial charge in [-0.25, -0.2) is 4.79 Å². The van der Waals surface area contributed by atoms with E-state index < -0.39 is 12.2 Å². The molecule has 0 radical (unpaired) electrons. The van der Waals surface area contributed by atoms with Gasteiger partial charge >= 0.3 is 5.97 Å². The van der Waals surface area contributed by atoms with E-state index in [0.29, 0.717) is 24.5 Å². The predicted octanol–water partition coefficient (Wildman–Crippen LogP) is 8.66. The summed E-state index contributed by atoms with van der Waals surface area (Å²) in [5.41, 5.74) is 0.612. The third kappa shape index (κ3) is 14.6. The first-order valence-corrected chi connectivity index (χ1v) is 18.2. The maximum absolute atomic E-state index is 11.7. The fourth-order valence-corrected chi connectivity index (χ4v) is 6.97. The van der Waals surface area contributed by atoms with Gasteiger partial charge in [-0.05, 0) is 77.2 Å². The molecular formula is C37H64O6. The number of unbranched alkanes of at least 4 members (excludes halogenated alkanes) is 12. The zero-order valence-electron chi connectivity index (χ0n) is 27.6. The summed E-state index contributed by atoms with van der Waals surface area (Å²) >= 11 is 0. The highest BCUT2D eigenvalue weighted by atomic mass is 16.6. The molecule has 0 aromatic heterocycles. The summed E-state index contributed by atoms with van der Waals surface area (Å²) < 4.78 is 17.8. The van der Waals surface area contributed by atoms with Gasteiger partial charge < -0.3 is 24.4 Å². The first-order chi connectivity index (χ1) is 21.0. The molecule has 248 valence electrons. The Bertz CT molecular complexity index is 809. The molecule has 3 rings (SSSR count). The van der Waals surface area contributed by atoms with E-state index in [9.17, 15) is 15.0 Å². The van der Waals surface area contributed by atoms with Crippen molar-refractivity contribution in [2.45, 2.75) is 204 Å². The van der Waals surface area contributed by atoms with E-state index in [0.717, 1.165) is 70.6 Å². The van der Waals surface area contributed by atoms with E-state index in [1.54, 1.807) is 0 Å². The van der Waals surface area contributed by atoms with Crippen LogP contribution in [0.15, 0.2) is 23.8 Å². The number of esters is 1. The molecule has 0 saturated carbocycles. The number of aliphatic hydroxyl groups is 2. The fourth-order valence-electron chi connectivity index (χ4n) is 6.97. The van der Waals surface area contributed by atoms with Gasteiger partial charge in [-0.1, -0.05) is 96.1 Å². The Balaban J connectivity index is 1.14. The number of hydrogen-bond acceptors (Lipinski definition) is 6. The minimum atomic E-state index is -0.482. The normalized spacial score (nSPS) is 27.2. The topological polar surface area (TPSA) is 85.2 Å². The van der Waals surface area contributed by atoms with E-state index in [2.05, 4.69) is 19.1 Å². The van der Waals surface area contributed by atoms with Gasteiger partial charge in [0.15, 0.2) is 0 Å². The van der Waals surface area contributed by atoms with Crippen LogP contribution in [0.2, 0.25) is 0 Å². The van der Waals surface area contributed by atoms with Crippen LogP contribution in [0.25, 0.3) is 0 Å². The third-order valence-electron chi connectivity index (χ3n) is 9.60. The first kappa shape index (κ1) is 36.3. The molecule has 6 nitrogen and oxygen atoms in total. The smallest absolute Gasteiger partial charge is 0.334 e. The van der Waals surface area contributed by atoms with Crippen molar-refractivity contribution in [2.75, 3.05) is 0 Å². The molecule has 2 saturated heterocycles. The zero-order valence-corrected chi connectivity index (χ0v) is 27.6. The number of ether oxygens (including phenoxy) is 3. The predicted molar refractivity (Wildman–Crippen MR) is 174 cm³/mol. The quantitative estimate of drug-likeness (QED) is 0.0651. The third-order valence-corrected chi connectivity index (χ3v) is 9.60. The first-order valence-electron chi connectivity index (χ1n) is 18.2. The van der Waals surface area contributed by atoms with E-state index in [1.165, 1.54) is 64.2 Å². The summed E-state index contributed by atoms with van der Waals surface area (Å²) in [6, 6.07) is 0. The van der Waals surface area contributed by atoms with Crippen molar-refractivity contribution in [1.82, 2.24) is 0 Å². The number of carbonyl (C=O) groups excluding carboxylic acids is 1. The Hall–Kier alpha value is -1.21. The molecule has 43 heavy (non-hydrogen) atoms. The Kier molecular flexibility index (Phi) is 18.1. The van der Waals surface area contributed by atoms with Gasteiger partial charge in [0.2, 0.25) is 0 Å². The van der Waals surface area contributed by atoms with Crippen LogP contribution in [-0.2, 0) is 19.0 Å². The summed E-state index contributed by atoms with van der Waals surface area (Å²) in [5.74, 6) is -0.284. The number of hydrogen-bond donors (Lipinski definition) is 2. The summed E-state index contributed by atoms with van der Waals surface area (Å²) in [4.78, 5) is 11.7. The van der Waals surface area contributed by atoms with Crippen molar-refractivity contribution in [3.8, 4) is 0 Å². The molecule has 7 atom stereocenters. The Labute approximate surface area is 263 Å². The second-order valence-corrected chi connectivity index (χ2v) is 13.5. The lowest BCUT2D eigenvalue weighted by Crippen LogP contribution is -2.31. The molecule has 0 spiro atoms. The van der Waals surface area contributed by atoms with Crippen molar-refractivity contribution in [1.29, 1.82) is 0 Å². The standard InChI is InChI=1S/C37H64O6/c1-3-4-5-6-7-8-9-10-11-12-13-14-15-19-22-33(39)34-25-26-36(43-34)35-24-23-32(42-35)21-18-16-17-20-31(38)28-30-27-29(2)41-37(30)40/h14-15,27,29,31-36,38-39H,3-13,16-26,28H2,1-2H3/b15-14+/t29-,31+,32+,33-,34-,35-,36-/m0/s1.